The molecule has 2 amide bonds. The average Bonchev–Trinajstić information content (AvgIpc) is 3.66. The van der Waals surface area contributed by atoms with Gasteiger partial charge < -0.3 is 19.7 Å². The van der Waals surface area contributed by atoms with Gasteiger partial charge in [0.05, 0.1) is 35.8 Å². The number of piperidine rings is 2. The van der Waals surface area contributed by atoms with Gasteiger partial charge in [0.25, 0.3) is 5.56 Å². The third-order valence-corrected chi connectivity index (χ3v) is 14.5. The van der Waals surface area contributed by atoms with Crippen molar-refractivity contribution in [3.05, 3.63) is 87.7 Å². The van der Waals surface area contributed by atoms with Gasteiger partial charge >= 0.3 is 10.2 Å². The molecule has 15 nitrogen and oxygen atoms in total. The standard InChI is InChI=1S/C43H47F3N8O7S/c1-3-52(2)62(58,59)51-33-11-10-31(44)40(30(33)22-47)61-36-14-12-34-38(39(36)46)42(57)54(24-48-34)28-21-43(60-23-28)16-18-53(19-17-43)27-7-4-25(5-8-27)29-9-6-26(20-32(29)45)49-35-13-15-37(55)50-41(35)56/h6,9-12,14,20,24-25,27-28,35,49,51H,3-5,7-8,13,15-19,21,23H2,1-2H3,(H,50,55,56)/t25?,27?,28-,35?/m0/s1. The first-order valence-corrected chi connectivity index (χ1v) is 22.2. The van der Waals surface area contributed by atoms with E-state index in [4.69, 9.17) is 9.47 Å². The maximum atomic E-state index is 16.2. The van der Waals surface area contributed by atoms with E-state index in [1.807, 2.05) is 0 Å². The number of nitriles is 1. The first-order chi connectivity index (χ1) is 29.7. The topological polar surface area (TPSA) is 188 Å². The average molecular weight is 877 g/mol. The van der Waals surface area contributed by atoms with Gasteiger partial charge in [0.15, 0.2) is 23.1 Å². The second kappa shape index (κ2) is 17.3. The lowest BCUT2D eigenvalue weighted by atomic mass is 9.79. The molecule has 1 saturated carbocycles. The number of aromatic nitrogens is 2. The van der Waals surface area contributed by atoms with Crippen LogP contribution >= 0.6 is 0 Å². The highest BCUT2D eigenvalue weighted by Crippen LogP contribution is 2.43. The summed E-state index contributed by atoms with van der Waals surface area (Å²) in [4.78, 5) is 44.4. The fraction of sp³-hybridized carbons (Fsp3) is 0.465. The number of nitrogens with zero attached hydrogens (tertiary/aromatic N) is 5. The largest absolute Gasteiger partial charge is 0.450 e. The van der Waals surface area contributed by atoms with Crippen LogP contribution in [-0.4, -0.2) is 90.0 Å². The molecule has 3 saturated heterocycles. The zero-order chi connectivity index (χ0) is 43.9. The molecular weight excluding hydrogens is 830 g/mol. The number of hydrogen-bond acceptors (Lipinski definition) is 11. The number of carbonyl (C=O) groups is 2. The number of imide groups is 1. The smallest absolute Gasteiger partial charge is 0.301 e. The Kier molecular flexibility index (Phi) is 12.0. The van der Waals surface area contributed by atoms with Crippen molar-refractivity contribution < 1.29 is 40.7 Å². The van der Waals surface area contributed by atoms with Gasteiger partial charge in [-0.25, -0.2) is 18.2 Å². The van der Waals surface area contributed by atoms with Gasteiger partial charge in [-0.1, -0.05) is 13.0 Å². The normalized spacial score (nSPS) is 23.0. The quantitative estimate of drug-likeness (QED) is 0.154. The van der Waals surface area contributed by atoms with Crippen LogP contribution in [0.3, 0.4) is 0 Å². The number of nitrogens with one attached hydrogen (secondary N) is 3. The summed E-state index contributed by atoms with van der Waals surface area (Å²) < 4.78 is 88.6. The molecule has 4 aliphatic rings. The van der Waals surface area contributed by atoms with Gasteiger partial charge in [0, 0.05) is 44.8 Å². The van der Waals surface area contributed by atoms with Crippen LogP contribution in [0.1, 0.15) is 87.8 Å². The number of fused-ring (bicyclic) bond motifs is 1. The van der Waals surface area contributed by atoms with E-state index in [1.54, 1.807) is 25.1 Å². The predicted octanol–water partition coefficient (Wildman–Crippen LogP) is 5.83. The lowest BCUT2D eigenvalue weighted by Gasteiger charge is -2.44. The van der Waals surface area contributed by atoms with Crippen LogP contribution in [0.15, 0.2) is 53.6 Å². The van der Waals surface area contributed by atoms with Crippen molar-refractivity contribution in [3.8, 4) is 17.6 Å². The number of likely N-dealkylation sites (tertiary alicyclic amines) is 1. The van der Waals surface area contributed by atoms with Crippen molar-refractivity contribution >= 4 is 44.3 Å². The van der Waals surface area contributed by atoms with E-state index in [-0.39, 0.29) is 48.4 Å². The summed E-state index contributed by atoms with van der Waals surface area (Å²) in [7, 11) is -2.78. The zero-order valence-electron chi connectivity index (χ0n) is 34.3. The molecule has 62 heavy (non-hydrogen) atoms. The summed E-state index contributed by atoms with van der Waals surface area (Å²) in [5, 5.41) is 14.8. The first kappa shape index (κ1) is 43.1. The minimum atomic E-state index is -4.10. The molecule has 3 aliphatic heterocycles. The maximum absolute atomic E-state index is 16.2. The third kappa shape index (κ3) is 8.48. The van der Waals surface area contributed by atoms with Gasteiger partial charge in [-0.05, 0) is 99.2 Å². The molecule has 4 aromatic rings. The molecule has 328 valence electrons. The molecule has 4 heterocycles. The molecule has 2 atom stereocenters. The van der Waals surface area contributed by atoms with Crippen LogP contribution < -0.4 is 25.7 Å². The number of ether oxygens (including phenoxy) is 2. The zero-order valence-corrected chi connectivity index (χ0v) is 35.1. The molecular formula is C43H47F3N8O7S. The Labute approximate surface area is 356 Å². The van der Waals surface area contributed by atoms with E-state index in [2.05, 4.69) is 25.2 Å². The van der Waals surface area contributed by atoms with Gasteiger partial charge in [-0.2, -0.15) is 18.0 Å². The monoisotopic (exact) mass is 876 g/mol. The summed E-state index contributed by atoms with van der Waals surface area (Å²) in [5.41, 5.74) is -0.750. The molecule has 0 bridgehead atoms. The van der Waals surface area contributed by atoms with E-state index in [1.165, 1.54) is 30.1 Å². The van der Waals surface area contributed by atoms with Crippen LogP contribution in [0.4, 0.5) is 24.5 Å². The number of amides is 2. The Morgan fingerprint density at radius 2 is 1.77 bits per heavy atom. The number of anilines is 2. The SMILES string of the molecule is CCN(C)S(=O)(=O)Nc1ccc(F)c(Oc2ccc3ncn([C@@H]4COC5(CCN(C6CCC(c7ccc(NC8CCC(=O)NC8=O)cc7F)CC6)CC5)C4)c(=O)c3c2F)c1C#N. The van der Waals surface area contributed by atoms with E-state index in [0.29, 0.717) is 30.1 Å². The van der Waals surface area contributed by atoms with Crippen molar-refractivity contribution in [3.63, 3.8) is 0 Å². The minimum absolute atomic E-state index is 0.0411. The Bertz CT molecular complexity index is 2620. The second-order valence-corrected chi connectivity index (χ2v) is 18.3. The van der Waals surface area contributed by atoms with Crippen molar-refractivity contribution in [2.24, 2.45) is 0 Å². The molecule has 1 aliphatic carbocycles. The Morgan fingerprint density at radius 3 is 2.47 bits per heavy atom. The van der Waals surface area contributed by atoms with Crippen LogP contribution in [0.5, 0.6) is 11.5 Å². The maximum Gasteiger partial charge on any atom is 0.301 e. The Hall–Kier alpha value is -5.55. The number of rotatable bonds is 11. The second-order valence-electron chi connectivity index (χ2n) is 16.5. The lowest BCUT2D eigenvalue weighted by Crippen LogP contribution is -2.49. The molecule has 4 fully saturated rings. The van der Waals surface area contributed by atoms with Gasteiger partial charge in [0.2, 0.25) is 11.8 Å². The Balaban J connectivity index is 0.894. The number of halogens is 3. The Morgan fingerprint density at radius 1 is 1.02 bits per heavy atom. The van der Waals surface area contributed by atoms with Gasteiger partial charge in [0.1, 0.15) is 28.9 Å². The van der Waals surface area contributed by atoms with Crippen LogP contribution in [-0.2, 0) is 24.5 Å². The van der Waals surface area contributed by atoms with Crippen LogP contribution in [0, 0.1) is 28.8 Å². The predicted molar refractivity (Wildman–Crippen MR) is 222 cm³/mol. The van der Waals surface area contributed by atoms with Gasteiger partial charge in [-0.15, -0.1) is 0 Å². The summed E-state index contributed by atoms with van der Waals surface area (Å²) in [6, 6.07) is 10.5. The summed E-state index contributed by atoms with van der Waals surface area (Å²) >= 11 is 0. The molecule has 1 unspecified atom stereocenters. The lowest BCUT2D eigenvalue weighted by molar-refractivity contribution is -0.133. The van der Waals surface area contributed by atoms with Crippen LogP contribution in [0.25, 0.3) is 10.9 Å². The summed E-state index contributed by atoms with van der Waals surface area (Å²) in [6.45, 7) is 3.52. The van der Waals surface area contributed by atoms with E-state index in [9.17, 15) is 28.1 Å². The molecule has 1 aromatic heterocycles. The highest BCUT2D eigenvalue weighted by molar-refractivity contribution is 7.90. The minimum Gasteiger partial charge on any atom is -0.450 e. The van der Waals surface area contributed by atoms with Crippen molar-refractivity contribution in [2.45, 2.75) is 94.4 Å². The number of carbonyl (C=O) groups excluding carboxylic acids is 2. The van der Waals surface area contributed by atoms with Crippen molar-refractivity contribution in [1.82, 2.24) is 24.1 Å². The summed E-state index contributed by atoms with van der Waals surface area (Å²) in [6.07, 6.45) is 7.44. The van der Waals surface area contributed by atoms with E-state index < -0.39 is 73.4 Å². The molecule has 3 aromatic carbocycles. The fourth-order valence-corrected chi connectivity index (χ4v) is 10.2. The molecule has 1 spiro atoms. The highest BCUT2D eigenvalue weighted by Gasteiger charge is 2.45. The van der Waals surface area contributed by atoms with Crippen LogP contribution in [0.2, 0.25) is 0 Å². The van der Waals surface area contributed by atoms with Crippen molar-refractivity contribution in [2.75, 3.05) is 43.3 Å². The third-order valence-electron chi connectivity index (χ3n) is 12.9. The number of benzene rings is 3. The molecule has 19 heteroatoms. The first-order valence-electron chi connectivity index (χ1n) is 20.8. The highest BCUT2D eigenvalue weighted by atomic mass is 32.2. The fourth-order valence-electron chi connectivity index (χ4n) is 9.23. The molecule has 8 rings (SSSR count). The molecule has 0 radical (unpaired) electrons. The van der Waals surface area contributed by atoms with Gasteiger partial charge in [-0.3, -0.25) is 29.0 Å². The molecule has 3 N–H and O–H groups in total. The number of hydrogen-bond donors (Lipinski definition) is 3. The van der Waals surface area contributed by atoms with E-state index in [0.717, 1.165) is 74.1 Å². The van der Waals surface area contributed by atoms with E-state index >= 15 is 13.2 Å². The van der Waals surface area contributed by atoms with Crippen molar-refractivity contribution in [1.29, 1.82) is 5.26 Å². The summed E-state index contributed by atoms with van der Waals surface area (Å²) in [5.74, 6) is -4.40.